The van der Waals surface area contributed by atoms with E-state index >= 15 is 0 Å². The quantitative estimate of drug-likeness (QED) is 0.899. The Morgan fingerprint density at radius 3 is 2.89 bits per heavy atom. The van der Waals surface area contributed by atoms with Crippen LogP contribution in [0.25, 0.3) is 0 Å². The molecule has 0 unspecified atom stereocenters. The SMILES string of the molecule is CC(C)(C)c1nc(CC(=O)N2CCCNCC2)cs1. The third-order valence-corrected chi connectivity index (χ3v) is 4.54. The van der Waals surface area contributed by atoms with Gasteiger partial charge in [0.1, 0.15) is 0 Å². The van der Waals surface area contributed by atoms with Gasteiger partial charge < -0.3 is 10.2 Å². The molecule has 0 spiro atoms. The molecular weight excluding hydrogens is 258 g/mol. The molecule has 5 heteroatoms. The van der Waals surface area contributed by atoms with E-state index in [1.165, 1.54) is 0 Å². The van der Waals surface area contributed by atoms with Crippen LogP contribution in [0.3, 0.4) is 0 Å². The number of aromatic nitrogens is 1. The van der Waals surface area contributed by atoms with Gasteiger partial charge in [-0.25, -0.2) is 4.98 Å². The summed E-state index contributed by atoms with van der Waals surface area (Å²) in [5.41, 5.74) is 0.982. The fraction of sp³-hybridized carbons (Fsp3) is 0.714. The minimum absolute atomic E-state index is 0.0679. The molecule has 1 aromatic rings. The summed E-state index contributed by atoms with van der Waals surface area (Å²) in [6, 6.07) is 0. The number of hydrogen-bond donors (Lipinski definition) is 1. The molecule has 1 saturated heterocycles. The molecule has 19 heavy (non-hydrogen) atoms. The Kier molecular flexibility index (Phi) is 4.58. The van der Waals surface area contributed by atoms with Crippen LogP contribution in [0.15, 0.2) is 5.38 Å². The van der Waals surface area contributed by atoms with E-state index in [9.17, 15) is 4.79 Å². The van der Waals surface area contributed by atoms with Crippen molar-refractivity contribution in [3.8, 4) is 0 Å². The highest BCUT2D eigenvalue weighted by atomic mass is 32.1. The molecule has 1 fully saturated rings. The van der Waals surface area contributed by atoms with Crippen LogP contribution in [0.2, 0.25) is 0 Å². The van der Waals surface area contributed by atoms with Gasteiger partial charge in [0.25, 0.3) is 0 Å². The Bertz CT molecular complexity index is 428. The maximum absolute atomic E-state index is 12.2. The second-order valence-corrected chi connectivity index (χ2v) is 6.91. The number of hydrogen-bond acceptors (Lipinski definition) is 4. The predicted octanol–water partition coefficient (Wildman–Crippen LogP) is 1.80. The molecule has 1 aliphatic rings. The average Bonchev–Trinajstić information content (AvgIpc) is 2.63. The highest BCUT2D eigenvalue weighted by molar-refractivity contribution is 7.09. The van der Waals surface area contributed by atoms with Crippen LogP contribution < -0.4 is 5.32 Å². The summed E-state index contributed by atoms with van der Waals surface area (Å²) >= 11 is 1.66. The van der Waals surface area contributed by atoms with Crippen LogP contribution in [0.1, 0.15) is 37.9 Å². The van der Waals surface area contributed by atoms with Crippen molar-refractivity contribution in [2.75, 3.05) is 26.2 Å². The second-order valence-electron chi connectivity index (χ2n) is 6.06. The van der Waals surface area contributed by atoms with Gasteiger partial charge in [-0.2, -0.15) is 0 Å². The van der Waals surface area contributed by atoms with E-state index in [4.69, 9.17) is 0 Å². The van der Waals surface area contributed by atoms with Crippen molar-refractivity contribution in [3.63, 3.8) is 0 Å². The summed E-state index contributed by atoms with van der Waals surface area (Å²) in [6.45, 7) is 10.0. The molecule has 1 N–H and O–H groups in total. The molecule has 0 radical (unpaired) electrons. The lowest BCUT2D eigenvalue weighted by molar-refractivity contribution is -0.130. The summed E-state index contributed by atoms with van der Waals surface area (Å²) < 4.78 is 0. The van der Waals surface area contributed by atoms with Crippen molar-refractivity contribution < 1.29 is 4.79 Å². The number of thiazole rings is 1. The molecule has 0 aliphatic carbocycles. The van der Waals surface area contributed by atoms with E-state index in [0.717, 1.165) is 43.3 Å². The number of nitrogens with zero attached hydrogens (tertiary/aromatic N) is 2. The maximum atomic E-state index is 12.2. The zero-order chi connectivity index (χ0) is 13.9. The van der Waals surface area contributed by atoms with Gasteiger partial charge in [-0.1, -0.05) is 20.8 Å². The van der Waals surface area contributed by atoms with Crippen molar-refractivity contribution in [1.82, 2.24) is 15.2 Å². The molecule has 4 nitrogen and oxygen atoms in total. The Labute approximate surface area is 119 Å². The fourth-order valence-electron chi connectivity index (χ4n) is 2.09. The Hall–Kier alpha value is -0.940. The van der Waals surface area contributed by atoms with E-state index < -0.39 is 0 Å². The second kappa shape index (κ2) is 6.01. The van der Waals surface area contributed by atoms with E-state index in [0.29, 0.717) is 6.42 Å². The minimum Gasteiger partial charge on any atom is -0.341 e. The van der Waals surface area contributed by atoms with Crippen LogP contribution >= 0.6 is 11.3 Å². The molecule has 0 aromatic carbocycles. The van der Waals surface area contributed by atoms with Gasteiger partial charge in [0.15, 0.2) is 0 Å². The number of carbonyl (C=O) groups excluding carboxylic acids is 1. The van der Waals surface area contributed by atoms with Crippen molar-refractivity contribution in [3.05, 3.63) is 16.1 Å². The molecule has 0 saturated carbocycles. The number of rotatable bonds is 2. The van der Waals surface area contributed by atoms with Gasteiger partial charge in [-0.15, -0.1) is 11.3 Å². The van der Waals surface area contributed by atoms with Crippen LogP contribution in [-0.2, 0) is 16.6 Å². The summed E-state index contributed by atoms with van der Waals surface area (Å²) in [7, 11) is 0. The number of nitrogens with one attached hydrogen (secondary N) is 1. The highest BCUT2D eigenvalue weighted by Crippen LogP contribution is 2.25. The molecule has 2 heterocycles. The molecule has 1 aliphatic heterocycles. The van der Waals surface area contributed by atoms with Crippen LogP contribution in [-0.4, -0.2) is 42.0 Å². The van der Waals surface area contributed by atoms with Gasteiger partial charge in [-0.05, 0) is 13.0 Å². The van der Waals surface area contributed by atoms with Crippen molar-refractivity contribution in [1.29, 1.82) is 0 Å². The Morgan fingerprint density at radius 1 is 1.42 bits per heavy atom. The zero-order valence-corrected chi connectivity index (χ0v) is 12.8. The minimum atomic E-state index is 0.0679. The molecule has 1 amide bonds. The predicted molar refractivity (Wildman–Crippen MR) is 78.6 cm³/mol. The first-order valence-corrected chi connectivity index (χ1v) is 7.78. The molecule has 106 valence electrons. The van der Waals surface area contributed by atoms with Gasteiger partial charge >= 0.3 is 0 Å². The highest BCUT2D eigenvalue weighted by Gasteiger charge is 2.20. The van der Waals surface area contributed by atoms with Crippen molar-refractivity contribution in [2.45, 2.75) is 39.0 Å². The van der Waals surface area contributed by atoms with E-state index in [1.807, 2.05) is 10.3 Å². The molecule has 2 rings (SSSR count). The Morgan fingerprint density at radius 2 is 2.21 bits per heavy atom. The van der Waals surface area contributed by atoms with Crippen LogP contribution in [0.5, 0.6) is 0 Å². The first-order valence-electron chi connectivity index (χ1n) is 6.90. The lowest BCUT2D eigenvalue weighted by Gasteiger charge is -2.19. The number of amides is 1. The standard InChI is InChI=1S/C14H23N3OS/c1-14(2,3)13-16-11(10-19-13)9-12(18)17-7-4-5-15-6-8-17/h10,15H,4-9H2,1-3H3. The number of carbonyl (C=O) groups is 1. The van der Waals surface area contributed by atoms with Gasteiger partial charge in [0, 0.05) is 30.4 Å². The summed E-state index contributed by atoms with van der Waals surface area (Å²) in [4.78, 5) is 18.8. The third kappa shape index (κ3) is 4.01. The molecule has 0 atom stereocenters. The summed E-state index contributed by atoms with van der Waals surface area (Å²) in [5, 5.41) is 6.44. The summed E-state index contributed by atoms with van der Waals surface area (Å²) in [5.74, 6) is 0.203. The lowest BCUT2D eigenvalue weighted by atomic mass is 9.98. The third-order valence-electron chi connectivity index (χ3n) is 3.22. The first-order chi connectivity index (χ1) is 8.97. The van der Waals surface area contributed by atoms with E-state index in [2.05, 4.69) is 31.1 Å². The topological polar surface area (TPSA) is 45.2 Å². The van der Waals surface area contributed by atoms with Crippen LogP contribution in [0.4, 0.5) is 0 Å². The van der Waals surface area contributed by atoms with Gasteiger partial charge in [-0.3, -0.25) is 4.79 Å². The van der Waals surface area contributed by atoms with Gasteiger partial charge in [0.2, 0.25) is 5.91 Å². The Balaban J connectivity index is 1.96. The largest absolute Gasteiger partial charge is 0.341 e. The van der Waals surface area contributed by atoms with E-state index in [-0.39, 0.29) is 11.3 Å². The lowest BCUT2D eigenvalue weighted by Crippen LogP contribution is -2.35. The smallest absolute Gasteiger partial charge is 0.228 e. The zero-order valence-electron chi connectivity index (χ0n) is 12.0. The van der Waals surface area contributed by atoms with Crippen LogP contribution in [0, 0.1) is 0 Å². The van der Waals surface area contributed by atoms with Crippen molar-refractivity contribution in [2.24, 2.45) is 0 Å². The summed E-state index contributed by atoms with van der Waals surface area (Å²) in [6.07, 6.45) is 1.47. The fourth-order valence-corrected chi connectivity index (χ4v) is 3.00. The normalized spacial score (nSPS) is 17.3. The molecule has 1 aromatic heterocycles. The van der Waals surface area contributed by atoms with E-state index in [1.54, 1.807) is 11.3 Å². The molecule has 0 bridgehead atoms. The monoisotopic (exact) mass is 281 g/mol. The average molecular weight is 281 g/mol. The molecular formula is C14H23N3OS. The van der Waals surface area contributed by atoms with Crippen molar-refractivity contribution >= 4 is 17.2 Å². The van der Waals surface area contributed by atoms with Gasteiger partial charge in [0.05, 0.1) is 17.1 Å². The maximum Gasteiger partial charge on any atom is 0.228 e. The first kappa shape index (κ1) is 14.5.